The molecule has 1 aliphatic rings. The van der Waals surface area contributed by atoms with Crippen LogP contribution < -0.4 is 0 Å². The number of nitrogens with zero attached hydrogens (tertiary/aromatic N) is 2. The van der Waals surface area contributed by atoms with E-state index in [1.165, 1.54) is 6.07 Å². The molecule has 6 heteroatoms. The molecule has 1 amide bonds. The maximum absolute atomic E-state index is 13.7. The minimum Gasteiger partial charge on any atom is -0.478 e. The molecule has 0 atom stereocenters. The standard InChI is InChI=1S/C20H21FN2O3/c21-18-4-2-1-3-17(18)13-19(24)23-11-9-22(10-12-23)14-15-5-7-16(8-6-15)20(25)26/h1-8H,9-14H2,(H,25,26). The van der Waals surface area contributed by atoms with Gasteiger partial charge in [0, 0.05) is 32.7 Å². The summed E-state index contributed by atoms with van der Waals surface area (Å²) in [5, 5.41) is 8.93. The van der Waals surface area contributed by atoms with Gasteiger partial charge in [0.15, 0.2) is 0 Å². The van der Waals surface area contributed by atoms with Crippen LogP contribution in [0, 0.1) is 5.82 Å². The number of halogens is 1. The number of carboxylic acid groups (broad SMARTS) is 1. The summed E-state index contributed by atoms with van der Waals surface area (Å²) in [6.45, 7) is 3.42. The fraction of sp³-hybridized carbons (Fsp3) is 0.300. The summed E-state index contributed by atoms with van der Waals surface area (Å²) < 4.78 is 13.7. The second kappa shape index (κ2) is 8.10. The molecule has 2 aromatic rings. The highest BCUT2D eigenvalue weighted by atomic mass is 19.1. The van der Waals surface area contributed by atoms with E-state index in [0.29, 0.717) is 18.7 Å². The van der Waals surface area contributed by atoms with Crippen LogP contribution in [0.15, 0.2) is 48.5 Å². The van der Waals surface area contributed by atoms with E-state index in [1.807, 2.05) is 12.1 Å². The van der Waals surface area contributed by atoms with Crippen LogP contribution in [0.5, 0.6) is 0 Å². The Morgan fingerprint density at radius 2 is 1.62 bits per heavy atom. The number of carbonyl (C=O) groups excluding carboxylic acids is 1. The van der Waals surface area contributed by atoms with Crippen molar-refractivity contribution in [1.29, 1.82) is 0 Å². The molecule has 2 aromatic carbocycles. The van der Waals surface area contributed by atoms with Crippen LogP contribution in [0.2, 0.25) is 0 Å². The summed E-state index contributed by atoms with van der Waals surface area (Å²) in [5.41, 5.74) is 1.75. The second-order valence-corrected chi connectivity index (χ2v) is 6.43. The Bertz CT molecular complexity index is 784. The summed E-state index contributed by atoms with van der Waals surface area (Å²) >= 11 is 0. The van der Waals surface area contributed by atoms with Crippen LogP contribution in [0.3, 0.4) is 0 Å². The van der Waals surface area contributed by atoms with Crippen molar-refractivity contribution < 1.29 is 19.1 Å². The number of piperazine rings is 1. The molecule has 5 nitrogen and oxygen atoms in total. The Labute approximate surface area is 151 Å². The third kappa shape index (κ3) is 4.46. The molecule has 0 saturated carbocycles. The third-order valence-electron chi connectivity index (χ3n) is 4.63. The largest absolute Gasteiger partial charge is 0.478 e. The third-order valence-corrected chi connectivity index (χ3v) is 4.63. The number of hydrogen-bond donors (Lipinski definition) is 1. The first-order chi connectivity index (χ1) is 12.5. The van der Waals surface area contributed by atoms with E-state index in [-0.39, 0.29) is 23.7 Å². The molecule has 0 spiro atoms. The average molecular weight is 356 g/mol. The number of amides is 1. The van der Waals surface area contributed by atoms with Gasteiger partial charge in [-0.15, -0.1) is 0 Å². The predicted octanol–water partition coefficient (Wildman–Crippen LogP) is 2.41. The fourth-order valence-corrected chi connectivity index (χ4v) is 3.08. The van der Waals surface area contributed by atoms with Crippen molar-refractivity contribution in [3.8, 4) is 0 Å². The molecular weight excluding hydrogens is 335 g/mol. The summed E-state index contributed by atoms with van der Waals surface area (Å²) in [6, 6.07) is 13.2. The smallest absolute Gasteiger partial charge is 0.335 e. The molecule has 1 saturated heterocycles. The van der Waals surface area contributed by atoms with Crippen LogP contribution in [-0.2, 0) is 17.8 Å². The van der Waals surface area contributed by atoms with Gasteiger partial charge >= 0.3 is 5.97 Å². The lowest BCUT2D eigenvalue weighted by Gasteiger charge is -2.35. The van der Waals surface area contributed by atoms with Crippen LogP contribution in [-0.4, -0.2) is 53.0 Å². The highest BCUT2D eigenvalue weighted by molar-refractivity contribution is 5.87. The molecule has 0 radical (unpaired) electrons. The van der Waals surface area contributed by atoms with E-state index in [4.69, 9.17) is 5.11 Å². The minimum absolute atomic E-state index is 0.0550. The van der Waals surface area contributed by atoms with Crippen molar-refractivity contribution >= 4 is 11.9 Å². The van der Waals surface area contributed by atoms with Crippen molar-refractivity contribution in [2.75, 3.05) is 26.2 Å². The first kappa shape index (κ1) is 18.1. The highest BCUT2D eigenvalue weighted by Gasteiger charge is 2.22. The Morgan fingerprint density at radius 3 is 2.23 bits per heavy atom. The van der Waals surface area contributed by atoms with Gasteiger partial charge in [0.05, 0.1) is 12.0 Å². The second-order valence-electron chi connectivity index (χ2n) is 6.43. The lowest BCUT2D eigenvalue weighted by atomic mass is 10.1. The summed E-state index contributed by atoms with van der Waals surface area (Å²) in [4.78, 5) is 27.3. The van der Waals surface area contributed by atoms with Crippen molar-refractivity contribution in [3.63, 3.8) is 0 Å². The van der Waals surface area contributed by atoms with E-state index < -0.39 is 5.97 Å². The summed E-state index contributed by atoms with van der Waals surface area (Å²) in [7, 11) is 0. The number of hydrogen-bond acceptors (Lipinski definition) is 3. The van der Waals surface area contributed by atoms with Gasteiger partial charge in [0.2, 0.25) is 5.91 Å². The molecule has 0 aromatic heterocycles. The minimum atomic E-state index is -0.932. The van der Waals surface area contributed by atoms with Crippen molar-refractivity contribution in [2.45, 2.75) is 13.0 Å². The van der Waals surface area contributed by atoms with Crippen LogP contribution in [0.25, 0.3) is 0 Å². The van der Waals surface area contributed by atoms with Crippen LogP contribution in [0.1, 0.15) is 21.5 Å². The molecule has 1 fully saturated rings. The quantitative estimate of drug-likeness (QED) is 0.894. The molecule has 136 valence electrons. The van der Waals surface area contributed by atoms with Gasteiger partial charge in [0.1, 0.15) is 5.82 Å². The van der Waals surface area contributed by atoms with Gasteiger partial charge < -0.3 is 10.0 Å². The van der Waals surface area contributed by atoms with Crippen LogP contribution >= 0.6 is 0 Å². The monoisotopic (exact) mass is 356 g/mol. The molecule has 0 bridgehead atoms. The van der Waals surface area contributed by atoms with Gasteiger partial charge in [-0.05, 0) is 29.3 Å². The maximum Gasteiger partial charge on any atom is 0.335 e. The van der Waals surface area contributed by atoms with Gasteiger partial charge in [-0.3, -0.25) is 9.69 Å². The Hall–Kier alpha value is -2.73. The van der Waals surface area contributed by atoms with E-state index in [2.05, 4.69) is 4.90 Å². The van der Waals surface area contributed by atoms with E-state index in [0.717, 1.165) is 25.2 Å². The Balaban J connectivity index is 1.50. The summed E-state index contributed by atoms with van der Waals surface area (Å²) in [6.07, 6.45) is 0.0866. The normalized spacial score (nSPS) is 15.0. The van der Waals surface area contributed by atoms with Crippen molar-refractivity contribution in [3.05, 3.63) is 71.0 Å². The number of rotatable bonds is 5. The Morgan fingerprint density at radius 1 is 0.962 bits per heavy atom. The average Bonchev–Trinajstić information content (AvgIpc) is 2.64. The molecule has 0 unspecified atom stereocenters. The zero-order chi connectivity index (χ0) is 18.5. The number of carbonyl (C=O) groups is 2. The highest BCUT2D eigenvalue weighted by Crippen LogP contribution is 2.13. The molecule has 1 aliphatic heterocycles. The SMILES string of the molecule is O=C(O)c1ccc(CN2CCN(C(=O)Cc3ccccc3F)CC2)cc1. The maximum atomic E-state index is 13.7. The molecule has 3 rings (SSSR count). The van der Waals surface area contributed by atoms with E-state index >= 15 is 0 Å². The molecule has 0 aliphatic carbocycles. The van der Waals surface area contributed by atoms with E-state index in [9.17, 15) is 14.0 Å². The zero-order valence-corrected chi connectivity index (χ0v) is 14.4. The van der Waals surface area contributed by atoms with Gasteiger partial charge in [0.25, 0.3) is 0 Å². The topological polar surface area (TPSA) is 60.9 Å². The van der Waals surface area contributed by atoms with Crippen molar-refractivity contribution in [2.24, 2.45) is 0 Å². The first-order valence-corrected chi connectivity index (χ1v) is 8.58. The molecule has 1 N–H and O–H groups in total. The van der Waals surface area contributed by atoms with Gasteiger partial charge in [-0.1, -0.05) is 30.3 Å². The van der Waals surface area contributed by atoms with Crippen molar-refractivity contribution in [1.82, 2.24) is 9.80 Å². The van der Waals surface area contributed by atoms with E-state index in [1.54, 1.807) is 35.2 Å². The van der Waals surface area contributed by atoms with Crippen LogP contribution in [0.4, 0.5) is 4.39 Å². The Kier molecular flexibility index (Phi) is 5.63. The zero-order valence-electron chi connectivity index (χ0n) is 14.4. The number of carboxylic acids is 1. The fourth-order valence-electron chi connectivity index (χ4n) is 3.08. The molecule has 26 heavy (non-hydrogen) atoms. The number of benzene rings is 2. The summed E-state index contributed by atoms with van der Waals surface area (Å²) in [5.74, 6) is -1.33. The molecule has 1 heterocycles. The van der Waals surface area contributed by atoms with Gasteiger partial charge in [-0.25, -0.2) is 9.18 Å². The lowest BCUT2D eigenvalue weighted by molar-refractivity contribution is -0.132. The lowest BCUT2D eigenvalue weighted by Crippen LogP contribution is -2.48. The van der Waals surface area contributed by atoms with Gasteiger partial charge in [-0.2, -0.15) is 0 Å². The molecular formula is C20H21FN2O3. The predicted molar refractivity (Wildman–Crippen MR) is 95.4 cm³/mol. The first-order valence-electron chi connectivity index (χ1n) is 8.58. The number of aromatic carboxylic acids is 1.